The third-order valence-electron chi connectivity index (χ3n) is 4.46. The zero-order valence-electron chi connectivity index (χ0n) is 15.3. The molecule has 1 aromatic carbocycles. The van der Waals surface area contributed by atoms with Crippen molar-refractivity contribution in [3.63, 3.8) is 0 Å². The molecule has 0 atom stereocenters. The predicted molar refractivity (Wildman–Crippen MR) is 99.3 cm³/mol. The third-order valence-corrected chi connectivity index (χ3v) is 6.32. The Balaban J connectivity index is 1.52. The minimum absolute atomic E-state index is 0.00967. The molecular weight excluding hydrogens is 368 g/mol. The first kappa shape index (κ1) is 19.5. The minimum Gasteiger partial charge on any atom is -0.367 e. The number of amides is 1. The summed E-state index contributed by atoms with van der Waals surface area (Å²) < 4.78 is 33.8. The molecule has 1 amide bonds. The average molecular weight is 392 g/mol. The van der Waals surface area contributed by atoms with Crippen LogP contribution in [0.3, 0.4) is 0 Å². The smallest absolute Gasteiger partial charge is 0.248 e. The SMILES string of the molecule is Cn1cc(S(=O)(=O)N2CCCN(C(=O)COCc3ccccc3)CC2)cn1. The molecule has 1 aromatic heterocycles. The Bertz CT molecular complexity index is 866. The molecule has 27 heavy (non-hydrogen) atoms. The van der Waals surface area contributed by atoms with Crippen LogP contribution in [-0.2, 0) is 33.2 Å². The Morgan fingerprint density at radius 2 is 1.93 bits per heavy atom. The third kappa shape index (κ3) is 4.94. The van der Waals surface area contributed by atoms with Gasteiger partial charge in [0.15, 0.2) is 0 Å². The topological polar surface area (TPSA) is 84.7 Å². The van der Waals surface area contributed by atoms with E-state index in [4.69, 9.17) is 4.74 Å². The highest BCUT2D eigenvalue weighted by molar-refractivity contribution is 7.89. The summed E-state index contributed by atoms with van der Waals surface area (Å²) in [5.41, 5.74) is 1.01. The largest absolute Gasteiger partial charge is 0.367 e. The van der Waals surface area contributed by atoms with Crippen molar-refractivity contribution in [1.29, 1.82) is 0 Å². The molecule has 0 unspecified atom stereocenters. The number of aryl methyl sites for hydroxylation is 1. The Kier molecular flexibility index (Phi) is 6.25. The molecule has 0 spiro atoms. The molecule has 9 heteroatoms. The fourth-order valence-corrected chi connectivity index (χ4v) is 4.44. The van der Waals surface area contributed by atoms with Crippen LogP contribution in [0.4, 0.5) is 0 Å². The van der Waals surface area contributed by atoms with Crippen molar-refractivity contribution in [2.45, 2.75) is 17.9 Å². The summed E-state index contributed by atoms with van der Waals surface area (Å²) in [5, 5.41) is 3.93. The fourth-order valence-electron chi connectivity index (χ4n) is 2.99. The van der Waals surface area contributed by atoms with Gasteiger partial charge in [0, 0.05) is 39.4 Å². The number of aromatic nitrogens is 2. The summed E-state index contributed by atoms with van der Waals surface area (Å²) in [7, 11) is -1.91. The Morgan fingerprint density at radius 1 is 1.15 bits per heavy atom. The maximum absolute atomic E-state index is 12.7. The first-order valence-electron chi connectivity index (χ1n) is 8.85. The van der Waals surface area contributed by atoms with E-state index in [1.54, 1.807) is 11.9 Å². The van der Waals surface area contributed by atoms with E-state index in [2.05, 4.69) is 5.10 Å². The highest BCUT2D eigenvalue weighted by Gasteiger charge is 2.29. The molecule has 0 saturated carbocycles. The van der Waals surface area contributed by atoms with Crippen LogP contribution in [0.5, 0.6) is 0 Å². The zero-order valence-corrected chi connectivity index (χ0v) is 16.1. The van der Waals surface area contributed by atoms with Gasteiger partial charge in [0.05, 0.1) is 12.8 Å². The first-order valence-corrected chi connectivity index (χ1v) is 10.3. The molecule has 0 radical (unpaired) electrons. The second kappa shape index (κ2) is 8.64. The number of benzene rings is 1. The predicted octanol–water partition coefficient (Wildman–Crippen LogP) is 0.860. The Morgan fingerprint density at radius 3 is 2.63 bits per heavy atom. The van der Waals surface area contributed by atoms with Crippen LogP contribution in [0, 0.1) is 0 Å². The number of nitrogens with zero attached hydrogens (tertiary/aromatic N) is 4. The summed E-state index contributed by atoms with van der Waals surface area (Å²) in [5.74, 6) is -0.119. The van der Waals surface area contributed by atoms with Gasteiger partial charge < -0.3 is 9.64 Å². The first-order chi connectivity index (χ1) is 13.0. The van der Waals surface area contributed by atoms with Gasteiger partial charge >= 0.3 is 0 Å². The lowest BCUT2D eigenvalue weighted by atomic mass is 10.2. The molecular formula is C18H24N4O4S. The van der Waals surface area contributed by atoms with E-state index in [-0.39, 0.29) is 24.0 Å². The van der Waals surface area contributed by atoms with Gasteiger partial charge in [0.2, 0.25) is 15.9 Å². The summed E-state index contributed by atoms with van der Waals surface area (Å²) in [6, 6.07) is 9.66. The summed E-state index contributed by atoms with van der Waals surface area (Å²) in [4.78, 5) is 14.2. The van der Waals surface area contributed by atoms with Gasteiger partial charge in [0.1, 0.15) is 11.5 Å². The molecule has 0 aliphatic carbocycles. The lowest BCUT2D eigenvalue weighted by Crippen LogP contribution is -2.38. The van der Waals surface area contributed by atoms with E-state index < -0.39 is 10.0 Å². The molecule has 2 aromatic rings. The lowest BCUT2D eigenvalue weighted by Gasteiger charge is -2.21. The number of hydrogen-bond donors (Lipinski definition) is 0. The van der Waals surface area contributed by atoms with Gasteiger partial charge in [-0.1, -0.05) is 30.3 Å². The second-order valence-corrected chi connectivity index (χ2v) is 8.40. The number of rotatable bonds is 6. The van der Waals surface area contributed by atoms with Gasteiger partial charge in [-0.15, -0.1) is 0 Å². The summed E-state index contributed by atoms with van der Waals surface area (Å²) in [6.45, 7) is 1.89. The summed E-state index contributed by atoms with van der Waals surface area (Å²) >= 11 is 0. The van der Waals surface area contributed by atoms with Gasteiger partial charge in [-0.25, -0.2) is 8.42 Å². The maximum atomic E-state index is 12.7. The minimum atomic E-state index is -3.59. The monoisotopic (exact) mass is 392 g/mol. The quantitative estimate of drug-likeness (QED) is 0.728. The highest BCUT2D eigenvalue weighted by Crippen LogP contribution is 2.17. The normalized spacial score (nSPS) is 16.3. The van der Waals surface area contributed by atoms with Crippen LogP contribution in [0.1, 0.15) is 12.0 Å². The Hall–Kier alpha value is -2.23. The van der Waals surface area contributed by atoms with E-state index in [1.807, 2.05) is 30.3 Å². The molecule has 0 N–H and O–H groups in total. The van der Waals surface area contributed by atoms with E-state index in [1.165, 1.54) is 21.4 Å². The van der Waals surface area contributed by atoms with Gasteiger partial charge in [-0.2, -0.15) is 9.40 Å². The van der Waals surface area contributed by atoms with Crippen molar-refractivity contribution >= 4 is 15.9 Å². The van der Waals surface area contributed by atoms with Crippen molar-refractivity contribution in [3.05, 3.63) is 48.3 Å². The van der Waals surface area contributed by atoms with E-state index in [0.29, 0.717) is 32.7 Å². The van der Waals surface area contributed by atoms with Crippen LogP contribution >= 0.6 is 0 Å². The number of carbonyl (C=O) groups excluding carboxylic acids is 1. The highest BCUT2D eigenvalue weighted by atomic mass is 32.2. The average Bonchev–Trinajstić information content (AvgIpc) is 2.95. The molecule has 1 aliphatic heterocycles. The molecule has 3 rings (SSSR count). The van der Waals surface area contributed by atoms with E-state index >= 15 is 0 Å². The van der Waals surface area contributed by atoms with Crippen molar-refractivity contribution in [1.82, 2.24) is 19.0 Å². The van der Waals surface area contributed by atoms with Crippen molar-refractivity contribution < 1.29 is 17.9 Å². The standard InChI is InChI=1S/C18H24N4O4S/c1-20-13-17(12-19-20)27(24,25)22-9-5-8-21(10-11-22)18(23)15-26-14-16-6-3-2-4-7-16/h2-4,6-7,12-13H,5,8-11,14-15H2,1H3. The van der Waals surface area contributed by atoms with Crippen LogP contribution < -0.4 is 0 Å². The van der Waals surface area contributed by atoms with Gasteiger partial charge in [0.25, 0.3) is 0 Å². The van der Waals surface area contributed by atoms with Crippen molar-refractivity contribution in [2.24, 2.45) is 7.05 Å². The van der Waals surface area contributed by atoms with Crippen LogP contribution in [-0.4, -0.2) is 66.1 Å². The van der Waals surface area contributed by atoms with Crippen molar-refractivity contribution in [3.8, 4) is 0 Å². The van der Waals surface area contributed by atoms with Crippen LogP contribution in [0.25, 0.3) is 0 Å². The van der Waals surface area contributed by atoms with Crippen molar-refractivity contribution in [2.75, 3.05) is 32.8 Å². The molecule has 146 valence electrons. The maximum Gasteiger partial charge on any atom is 0.248 e. The number of carbonyl (C=O) groups is 1. The zero-order chi connectivity index (χ0) is 19.3. The van der Waals surface area contributed by atoms with Crippen LogP contribution in [0.2, 0.25) is 0 Å². The molecule has 1 aliphatic rings. The van der Waals surface area contributed by atoms with Gasteiger partial charge in [-0.05, 0) is 12.0 Å². The van der Waals surface area contributed by atoms with Gasteiger partial charge in [-0.3, -0.25) is 9.48 Å². The molecule has 1 saturated heterocycles. The molecule has 8 nitrogen and oxygen atoms in total. The fraction of sp³-hybridized carbons (Fsp3) is 0.444. The summed E-state index contributed by atoms with van der Waals surface area (Å²) in [6.07, 6.45) is 3.42. The lowest BCUT2D eigenvalue weighted by molar-refractivity contribution is -0.136. The number of ether oxygens (including phenoxy) is 1. The second-order valence-electron chi connectivity index (χ2n) is 6.47. The van der Waals surface area contributed by atoms with E-state index in [9.17, 15) is 13.2 Å². The van der Waals surface area contributed by atoms with E-state index in [0.717, 1.165) is 5.56 Å². The number of hydrogen-bond acceptors (Lipinski definition) is 5. The Labute approximate surface area is 159 Å². The van der Waals surface area contributed by atoms with Crippen LogP contribution in [0.15, 0.2) is 47.6 Å². The number of sulfonamides is 1. The molecule has 2 heterocycles. The molecule has 0 bridgehead atoms. The molecule has 1 fully saturated rings.